The van der Waals surface area contributed by atoms with E-state index in [9.17, 15) is 18.0 Å². The molecule has 1 amide bonds. The molecule has 6 heteroatoms. The molecule has 0 unspecified atom stereocenters. The van der Waals surface area contributed by atoms with E-state index >= 15 is 0 Å². The van der Waals surface area contributed by atoms with Crippen molar-refractivity contribution in [1.29, 1.82) is 0 Å². The maximum absolute atomic E-state index is 13.0. The summed E-state index contributed by atoms with van der Waals surface area (Å²) in [6.07, 6.45) is -2.18. The molecule has 2 aromatic carbocycles. The standard InChI is InChI=1S/C22H19F3N2O/c1-14-2-4-16(5-3-14)20-11-17(12-26-20)21(28)27-9-8-15-6-7-19(22(23,24)25)10-18(15)13-27/h2-7,10-12,26H,8-9,13H2,1H3. The largest absolute Gasteiger partial charge is 0.416 e. The Balaban J connectivity index is 1.54. The van der Waals surface area contributed by atoms with Gasteiger partial charge in [-0.25, -0.2) is 0 Å². The quantitative estimate of drug-likeness (QED) is 0.647. The molecule has 0 radical (unpaired) electrons. The molecule has 1 aliphatic rings. The molecule has 0 aliphatic carbocycles. The zero-order chi connectivity index (χ0) is 19.9. The molecule has 3 nitrogen and oxygen atoms in total. The lowest BCUT2D eigenvalue weighted by Gasteiger charge is -2.29. The summed E-state index contributed by atoms with van der Waals surface area (Å²) in [5, 5.41) is 0. The smallest absolute Gasteiger partial charge is 0.360 e. The van der Waals surface area contributed by atoms with Gasteiger partial charge in [0.15, 0.2) is 0 Å². The zero-order valence-electron chi connectivity index (χ0n) is 15.3. The molecule has 1 N–H and O–H groups in total. The minimum absolute atomic E-state index is 0.183. The number of amides is 1. The van der Waals surface area contributed by atoms with Crippen LogP contribution in [0.4, 0.5) is 13.2 Å². The minimum atomic E-state index is -4.38. The molecule has 28 heavy (non-hydrogen) atoms. The molecule has 0 bridgehead atoms. The van der Waals surface area contributed by atoms with Crippen molar-refractivity contribution >= 4 is 5.91 Å². The van der Waals surface area contributed by atoms with Crippen LogP contribution in [0.3, 0.4) is 0 Å². The number of aromatic amines is 1. The second-order valence-corrected chi connectivity index (χ2v) is 7.13. The van der Waals surface area contributed by atoms with E-state index in [4.69, 9.17) is 0 Å². The third kappa shape index (κ3) is 3.54. The molecule has 0 atom stereocenters. The number of aryl methyl sites for hydroxylation is 1. The highest BCUT2D eigenvalue weighted by atomic mass is 19.4. The summed E-state index contributed by atoms with van der Waals surface area (Å²) < 4.78 is 38.9. The Hall–Kier alpha value is -3.02. The number of alkyl halides is 3. The molecule has 0 fully saturated rings. The van der Waals surface area contributed by atoms with Crippen LogP contribution in [0.2, 0.25) is 0 Å². The summed E-state index contributed by atoms with van der Waals surface area (Å²) in [6, 6.07) is 13.5. The van der Waals surface area contributed by atoms with Crippen LogP contribution < -0.4 is 0 Å². The fraction of sp³-hybridized carbons (Fsp3) is 0.227. The van der Waals surface area contributed by atoms with E-state index < -0.39 is 11.7 Å². The Morgan fingerprint density at radius 2 is 1.79 bits per heavy atom. The van der Waals surface area contributed by atoms with Gasteiger partial charge in [-0.3, -0.25) is 4.79 Å². The molecule has 1 aliphatic heterocycles. The molecule has 4 rings (SSSR count). The summed E-state index contributed by atoms with van der Waals surface area (Å²) in [5.74, 6) is -0.183. The Morgan fingerprint density at radius 3 is 2.50 bits per heavy atom. The first-order valence-electron chi connectivity index (χ1n) is 9.05. The van der Waals surface area contributed by atoms with Crippen LogP contribution in [0, 0.1) is 6.92 Å². The first-order chi connectivity index (χ1) is 13.3. The van der Waals surface area contributed by atoms with Gasteiger partial charge in [0, 0.05) is 25.0 Å². The number of halogens is 3. The summed E-state index contributed by atoms with van der Waals surface area (Å²) in [5.41, 5.74) is 4.21. The van der Waals surface area contributed by atoms with Crippen LogP contribution in [-0.4, -0.2) is 22.3 Å². The van der Waals surface area contributed by atoms with Gasteiger partial charge >= 0.3 is 6.18 Å². The van der Waals surface area contributed by atoms with Crippen LogP contribution in [0.15, 0.2) is 54.7 Å². The van der Waals surface area contributed by atoms with Crippen LogP contribution in [-0.2, 0) is 19.1 Å². The lowest BCUT2D eigenvalue weighted by molar-refractivity contribution is -0.137. The van der Waals surface area contributed by atoms with Gasteiger partial charge in [0.05, 0.1) is 11.1 Å². The molecular formula is C22H19F3N2O. The molecule has 0 saturated heterocycles. The third-order valence-electron chi connectivity index (χ3n) is 5.13. The van der Waals surface area contributed by atoms with Crippen molar-refractivity contribution in [2.24, 2.45) is 0 Å². The number of benzene rings is 2. The summed E-state index contributed by atoms with van der Waals surface area (Å²) in [7, 11) is 0. The highest BCUT2D eigenvalue weighted by Crippen LogP contribution is 2.32. The second-order valence-electron chi connectivity index (χ2n) is 7.13. The van der Waals surface area contributed by atoms with Crippen LogP contribution >= 0.6 is 0 Å². The van der Waals surface area contributed by atoms with Crippen molar-refractivity contribution in [3.05, 3.63) is 82.5 Å². The van der Waals surface area contributed by atoms with Gasteiger partial charge in [0.2, 0.25) is 0 Å². The van der Waals surface area contributed by atoms with Gasteiger partial charge in [-0.1, -0.05) is 35.9 Å². The van der Waals surface area contributed by atoms with E-state index in [0.717, 1.165) is 34.5 Å². The lowest BCUT2D eigenvalue weighted by atomic mass is 9.97. The molecule has 3 aromatic rings. The lowest BCUT2D eigenvalue weighted by Crippen LogP contribution is -2.36. The number of hydrogen-bond donors (Lipinski definition) is 1. The minimum Gasteiger partial charge on any atom is -0.360 e. The van der Waals surface area contributed by atoms with Crippen molar-refractivity contribution in [3.8, 4) is 11.3 Å². The fourth-order valence-corrected chi connectivity index (χ4v) is 3.51. The Bertz CT molecular complexity index is 1020. The molecular weight excluding hydrogens is 365 g/mol. The van der Waals surface area contributed by atoms with E-state index in [1.54, 1.807) is 17.2 Å². The average molecular weight is 384 g/mol. The predicted molar refractivity (Wildman–Crippen MR) is 101 cm³/mol. The molecule has 0 saturated carbocycles. The average Bonchev–Trinajstić information content (AvgIpc) is 3.16. The summed E-state index contributed by atoms with van der Waals surface area (Å²) in [6.45, 7) is 2.68. The van der Waals surface area contributed by atoms with E-state index in [0.29, 0.717) is 24.1 Å². The molecule has 144 valence electrons. The first-order valence-corrected chi connectivity index (χ1v) is 9.05. The Kier molecular flexibility index (Phi) is 4.49. The van der Waals surface area contributed by atoms with Gasteiger partial charge in [-0.15, -0.1) is 0 Å². The van der Waals surface area contributed by atoms with Crippen molar-refractivity contribution in [3.63, 3.8) is 0 Å². The van der Waals surface area contributed by atoms with Gasteiger partial charge in [-0.2, -0.15) is 13.2 Å². The summed E-state index contributed by atoms with van der Waals surface area (Å²) in [4.78, 5) is 17.6. The molecule has 2 heterocycles. The van der Waals surface area contributed by atoms with E-state index in [1.165, 1.54) is 6.07 Å². The monoisotopic (exact) mass is 384 g/mol. The topological polar surface area (TPSA) is 36.1 Å². The zero-order valence-corrected chi connectivity index (χ0v) is 15.3. The van der Waals surface area contributed by atoms with Gasteiger partial charge in [-0.05, 0) is 48.2 Å². The van der Waals surface area contributed by atoms with Gasteiger partial charge in [0.25, 0.3) is 5.91 Å². The Morgan fingerprint density at radius 1 is 1.04 bits per heavy atom. The van der Waals surface area contributed by atoms with Crippen molar-refractivity contribution in [2.45, 2.75) is 26.1 Å². The fourth-order valence-electron chi connectivity index (χ4n) is 3.51. The van der Waals surface area contributed by atoms with E-state index in [-0.39, 0.29) is 12.5 Å². The predicted octanol–water partition coefficient (Wildman–Crippen LogP) is 5.21. The third-order valence-corrected chi connectivity index (χ3v) is 5.13. The number of hydrogen-bond acceptors (Lipinski definition) is 1. The number of H-pyrrole nitrogens is 1. The highest BCUT2D eigenvalue weighted by Gasteiger charge is 2.32. The van der Waals surface area contributed by atoms with Crippen LogP contribution in [0.5, 0.6) is 0 Å². The second kappa shape index (κ2) is 6.86. The van der Waals surface area contributed by atoms with Crippen molar-refractivity contribution in [1.82, 2.24) is 9.88 Å². The number of nitrogens with zero attached hydrogens (tertiary/aromatic N) is 1. The first kappa shape index (κ1) is 18.3. The maximum atomic E-state index is 13.0. The maximum Gasteiger partial charge on any atom is 0.416 e. The number of nitrogens with one attached hydrogen (secondary N) is 1. The van der Waals surface area contributed by atoms with Crippen LogP contribution in [0.25, 0.3) is 11.3 Å². The van der Waals surface area contributed by atoms with E-state index in [1.807, 2.05) is 31.2 Å². The molecule has 0 spiro atoms. The number of rotatable bonds is 2. The van der Waals surface area contributed by atoms with Gasteiger partial charge in [0.1, 0.15) is 0 Å². The highest BCUT2D eigenvalue weighted by molar-refractivity contribution is 5.95. The normalized spacial score (nSPS) is 14.1. The van der Waals surface area contributed by atoms with Crippen molar-refractivity contribution < 1.29 is 18.0 Å². The SMILES string of the molecule is Cc1ccc(-c2cc(C(=O)N3CCc4ccc(C(F)(F)F)cc4C3)c[nH]2)cc1. The van der Waals surface area contributed by atoms with Crippen LogP contribution in [0.1, 0.15) is 32.6 Å². The van der Waals surface area contributed by atoms with Gasteiger partial charge < -0.3 is 9.88 Å². The number of aromatic nitrogens is 1. The number of carbonyl (C=O) groups excluding carboxylic acids is 1. The van der Waals surface area contributed by atoms with E-state index in [2.05, 4.69) is 4.98 Å². The Labute approximate surface area is 160 Å². The summed E-state index contributed by atoms with van der Waals surface area (Å²) >= 11 is 0. The number of carbonyl (C=O) groups is 1. The molecule has 1 aromatic heterocycles. The number of fused-ring (bicyclic) bond motifs is 1. The van der Waals surface area contributed by atoms with Crippen molar-refractivity contribution in [2.75, 3.05) is 6.54 Å².